The number of hydrogen-bond donors (Lipinski definition) is 2. The Morgan fingerprint density at radius 2 is 1.92 bits per heavy atom. The monoisotopic (exact) mass is 332 g/mol. The zero-order valence-corrected chi connectivity index (χ0v) is 14.2. The number of likely N-dealkylation sites (tertiary alicyclic amines) is 1. The maximum absolute atomic E-state index is 12.1. The van der Waals surface area contributed by atoms with Crippen molar-refractivity contribution in [3.05, 3.63) is 35.4 Å². The number of carbonyl (C=O) groups is 3. The highest BCUT2D eigenvalue weighted by Crippen LogP contribution is 2.19. The number of carboxylic acids is 1. The van der Waals surface area contributed by atoms with Crippen molar-refractivity contribution in [2.24, 2.45) is 5.41 Å². The molecular formula is C18H24N2O4. The van der Waals surface area contributed by atoms with Crippen LogP contribution in [0.2, 0.25) is 0 Å². The molecule has 6 heteroatoms. The van der Waals surface area contributed by atoms with E-state index in [0.29, 0.717) is 31.5 Å². The first-order valence-corrected chi connectivity index (χ1v) is 8.18. The van der Waals surface area contributed by atoms with E-state index in [0.717, 1.165) is 18.5 Å². The Balaban J connectivity index is 1.85. The van der Waals surface area contributed by atoms with E-state index in [1.54, 1.807) is 26.0 Å². The molecule has 0 saturated carbocycles. The second-order valence-electron chi connectivity index (χ2n) is 6.81. The molecular weight excluding hydrogens is 308 g/mol. The number of nitrogens with one attached hydrogen (secondary N) is 1. The van der Waals surface area contributed by atoms with Crippen molar-refractivity contribution in [1.82, 2.24) is 10.2 Å². The highest BCUT2D eigenvalue weighted by molar-refractivity contribution is 5.94. The maximum Gasteiger partial charge on any atom is 0.309 e. The minimum Gasteiger partial charge on any atom is -0.481 e. The summed E-state index contributed by atoms with van der Waals surface area (Å²) in [5, 5.41) is 11.8. The minimum atomic E-state index is -0.877. The van der Waals surface area contributed by atoms with Gasteiger partial charge < -0.3 is 15.3 Å². The lowest BCUT2D eigenvalue weighted by Crippen LogP contribution is -2.32. The van der Waals surface area contributed by atoms with Crippen LogP contribution in [0.3, 0.4) is 0 Å². The van der Waals surface area contributed by atoms with Crippen molar-refractivity contribution in [1.29, 1.82) is 0 Å². The molecule has 1 fully saturated rings. The molecule has 1 aromatic carbocycles. The van der Waals surface area contributed by atoms with Crippen LogP contribution in [0, 0.1) is 5.41 Å². The molecule has 0 bridgehead atoms. The lowest BCUT2D eigenvalue weighted by molar-refractivity contribution is -0.147. The second kappa shape index (κ2) is 7.47. The van der Waals surface area contributed by atoms with E-state index in [-0.39, 0.29) is 11.8 Å². The molecule has 1 saturated heterocycles. The van der Waals surface area contributed by atoms with Crippen LogP contribution in [0.1, 0.15) is 49.0 Å². The molecule has 2 amide bonds. The predicted molar refractivity (Wildman–Crippen MR) is 89.5 cm³/mol. The number of aliphatic carboxylic acids is 1. The smallest absolute Gasteiger partial charge is 0.309 e. The Bertz CT molecular complexity index is 622. The molecule has 0 spiro atoms. The van der Waals surface area contributed by atoms with E-state index in [2.05, 4.69) is 5.32 Å². The molecule has 1 aliphatic heterocycles. The topological polar surface area (TPSA) is 86.7 Å². The van der Waals surface area contributed by atoms with Gasteiger partial charge in [0.2, 0.25) is 5.91 Å². The van der Waals surface area contributed by atoms with E-state index >= 15 is 0 Å². The average molecular weight is 332 g/mol. The summed E-state index contributed by atoms with van der Waals surface area (Å²) in [7, 11) is 0. The largest absolute Gasteiger partial charge is 0.481 e. The van der Waals surface area contributed by atoms with Crippen molar-refractivity contribution in [3.8, 4) is 0 Å². The van der Waals surface area contributed by atoms with Crippen molar-refractivity contribution in [2.45, 2.75) is 39.7 Å². The van der Waals surface area contributed by atoms with Crippen molar-refractivity contribution >= 4 is 17.8 Å². The summed E-state index contributed by atoms with van der Waals surface area (Å²) in [6, 6.07) is 7.16. The molecule has 24 heavy (non-hydrogen) atoms. The molecule has 2 N–H and O–H groups in total. The average Bonchev–Trinajstić information content (AvgIpc) is 2.92. The molecule has 0 radical (unpaired) electrons. The normalized spacial score (nSPS) is 14.8. The fourth-order valence-corrected chi connectivity index (χ4v) is 2.55. The van der Waals surface area contributed by atoms with Gasteiger partial charge in [-0.05, 0) is 44.4 Å². The Morgan fingerprint density at radius 3 is 2.46 bits per heavy atom. The Labute approximate surface area is 141 Å². The van der Waals surface area contributed by atoms with Crippen LogP contribution in [-0.4, -0.2) is 40.9 Å². The van der Waals surface area contributed by atoms with Crippen LogP contribution < -0.4 is 5.32 Å². The summed E-state index contributed by atoms with van der Waals surface area (Å²) < 4.78 is 0. The number of carboxylic acid groups (broad SMARTS) is 1. The number of amides is 2. The van der Waals surface area contributed by atoms with Gasteiger partial charge in [-0.1, -0.05) is 12.1 Å². The lowest BCUT2D eigenvalue weighted by atomic mass is 9.90. The minimum absolute atomic E-state index is 0.179. The van der Waals surface area contributed by atoms with Gasteiger partial charge in [-0.15, -0.1) is 0 Å². The standard InChI is InChI=1S/C18H24N2O4/c1-18(2,17(23)24)9-10-19-16(22)14-7-5-13(6-8-14)12-20-11-3-4-15(20)21/h5-8H,3-4,9-12H2,1-2H3,(H,19,22)(H,23,24). The molecule has 1 aliphatic rings. The third-order valence-corrected chi connectivity index (χ3v) is 4.38. The lowest BCUT2D eigenvalue weighted by Gasteiger charge is -2.19. The van der Waals surface area contributed by atoms with E-state index in [4.69, 9.17) is 5.11 Å². The third kappa shape index (κ3) is 4.57. The van der Waals surface area contributed by atoms with Crippen LogP contribution in [-0.2, 0) is 16.1 Å². The summed E-state index contributed by atoms with van der Waals surface area (Å²) in [6.07, 6.45) is 1.89. The first-order chi connectivity index (χ1) is 11.3. The van der Waals surface area contributed by atoms with Crippen LogP contribution in [0.5, 0.6) is 0 Å². The number of rotatable bonds is 7. The molecule has 0 atom stereocenters. The quantitative estimate of drug-likeness (QED) is 0.800. The van der Waals surface area contributed by atoms with Crippen molar-refractivity contribution in [3.63, 3.8) is 0 Å². The first-order valence-electron chi connectivity index (χ1n) is 8.18. The molecule has 0 unspecified atom stereocenters. The van der Waals surface area contributed by atoms with Gasteiger partial charge in [-0.2, -0.15) is 0 Å². The number of nitrogens with zero attached hydrogens (tertiary/aromatic N) is 1. The summed E-state index contributed by atoms with van der Waals surface area (Å²) in [4.78, 5) is 36.6. The van der Waals surface area contributed by atoms with Gasteiger partial charge >= 0.3 is 5.97 Å². The molecule has 1 aromatic rings. The number of hydrogen-bond acceptors (Lipinski definition) is 3. The van der Waals surface area contributed by atoms with Gasteiger partial charge in [0.05, 0.1) is 5.41 Å². The van der Waals surface area contributed by atoms with E-state index in [1.807, 2.05) is 17.0 Å². The SMILES string of the molecule is CC(C)(CCNC(=O)c1ccc(CN2CCCC2=O)cc1)C(=O)O. The zero-order valence-electron chi connectivity index (χ0n) is 14.2. The summed E-state index contributed by atoms with van der Waals surface area (Å²) in [5.41, 5.74) is 0.660. The summed E-state index contributed by atoms with van der Waals surface area (Å²) in [5.74, 6) is -0.921. The van der Waals surface area contributed by atoms with Gasteiger partial charge in [0.1, 0.15) is 0 Å². The number of benzene rings is 1. The molecule has 0 aromatic heterocycles. The van der Waals surface area contributed by atoms with Gasteiger partial charge in [0.25, 0.3) is 5.91 Å². The van der Waals surface area contributed by atoms with Crippen LogP contribution in [0.15, 0.2) is 24.3 Å². The van der Waals surface area contributed by atoms with Gasteiger partial charge in [-0.3, -0.25) is 14.4 Å². The van der Waals surface area contributed by atoms with Gasteiger partial charge in [-0.25, -0.2) is 0 Å². The fraction of sp³-hybridized carbons (Fsp3) is 0.500. The van der Waals surface area contributed by atoms with Crippen LogP contribution in [0.25, 0.3) is 0 Å². The molecule has 0 aliphatic carbocycles. The molecule has 6 nitrogen and oxygen atoms in total. The van der Waals surface area contributed by atoms with Crippen molar-refractivity contribution < 1.29 is 19.5 Å². The maximum atomic E-state index is 12.1. The highest BCUT2D eigenvalue weighted by Gasteiger charge is 2.26. The summed E-state index contributed by atoms with van der Waals surface area (Å²) >= 11 is 0. The predicted octanol–water partition coefficient (Wildman–Crippen LogP) is 2.04. The van der Waals surface area contributed by atoms with Crippen LogP contribution >= 0.6 is 0 Å². The van der Waals surface area contributed by atoms with E-state index < -0.39 is 11.4 Å². The van der Waals surface area contributed by atoms with Gasteiger partial charge in [0.15, 0.2) is 0 Å². The van der Waals surface area contributed by atoms with Crippen molar-refractivity contribution in [2.75, 3.05) is 13.1 Å². The Hall–Kier alpha value is -2.37. The molecule has 2 rings (SSSR count). The van der Waals surface area contributed by atoms with E-state index in [9.17, 15) is 14.4 Å². The summed E-state index contributed by atoms with van der Waals surface area (Å²) in [6.45, 7) is 4.95. The van der Waals surface area contributed by atoms with E-state index in [1.165, 1.54) is 0 Å². The van der Waals surface area contributed by atoms with Gasteiger partial charge in [0, 0.05) is 31.6 Å². The van der Waals surface area contributed by atoms with Crippen LogP contribution in [0.4, 0.5) is 0 Å². The molecule has 130 valence electrons. The second-order valence-corrected chi connectivity index (χ2v) is 6.81. The Kier molecular flexibility index (Phi) is 5.59. The fourth-order valence-electron chi connectivity index (χ4n) is 2.55. The highest BCUT2D eigenvalue weighted by atomic mass is 16.4. The third-order valence-electron chi connectivity index (χ3n) is 4.38. The Morgan fingerprint density at radius 1 is 1.25 bits per heavy atom. The first kappa shape index (κ1) is 18.0. The molecule has 1 heterocycles. The zero-order chi connectivity index (χ0) is 17.7. The number of carbonyl (C=O) groups excluding carboxylic acids is 2.